The topological polar surface area (TPSA) is 87.4 Å². The van der Waals surface area contributed by atoms with E-state index in [4.69, 9.17) is 4.52 Å². The molecular formula is C17H21N3O3. The molecule has 0 aliphatic heterocycles. The van der Waals surface area contributed by atoms with Gasteiger partial charge in [-0.2, -0.15) is 0 Å². The van der Waals surface area contributed by atoms with E-state index in [0.29, 0.717) is 11.6 Å². The number of hydrogen-bond acceptors (Lipinski definition) is 5. The van der Waals surface area contributed by atoms with Gasteiger partial charge in [0.15, 0.2) is 5.82 Å². The Kier molecular flexibility index (Phi) is 4.45. The third-order valence-corrected chi connectivity index (χ3v) is 4.34. The molecule has 1 amide bonds. The molecule has 0 radical (unpaired) electrons. The second kappa shape index (κ2) is 6.52. The van der Waals surface area contributed by atoms with E-state index in [2.05, 4.69) is 21.9 Å². The first-order chi connectivity index (χ1) is 11.1. The number of nitrogens with zero attached hydrogens (tertiary/aromatic N) is 1. The summed E-state index contributed by atoms with van der Waals surface area (Å²) in [5, 5.41) is 19.6. The fourth-order valence-electron chi connectivity index (χ4n) is 3.19. The highest BCUT2D eigenvalue weighted by molar-refractivity contribution is 5.91. The van der Waals surface area contributed by atoms with Crippen LogP contribution in [0.5, 0.6) is 0 Å². The number of aryl methyl sites for hydroxylation is 2. The van der Waals surface area contributed by atoms with Gasteiger partial charge >= 0.3 is 0 Å². The van der Waals surface area contributed by atoms with Crippen LogP contribution in [0.1, 0.15) is 29.7 Å². The Labute approximate surface area is 134 Å². The first-order valence-electron chi connectivity index (χ1n) is 7.80. The zero-order valence-corrected chi connectivity index (χ0v) is 13.1. The van der Waals surface area contributed by atoms with Crippen LogP contribution in [0, 0.1) is 6.92 Å². The number of hydrogen-bond donors (Lipinski definition) is 3. The smallest absolute Gasteiger partial charge is 0.239 e. The number of aliphatic hydroxyl groups excluding tert-OH is 1. The Balaban J connectivity index is 1.69. The number of aromatic nitrogens is 1. The lowest BCUT2D eigenvalue weighted by molar-refractivity contribution is -0.116. The van der Waals surface area contributed by atoms with Gasteiger partial charge in [-0.3, -0.25) is 10.1 Å². The maximum Gasteiger partial charge on any atom is 0.239 e. The number of anilines is 1. The van der Waals surface area contributed by atoms with Crippen molar-refractivity contribution < 1.29 is 14.4 Å². The van der Waals surface area contributed by atoms with Crippen LogP contribution in [0.25, 0.3) is 0 Å². The van der Waals surface area contributed by atoms with E-state index in [9.17, 15) is 9.90 Å². The number of aliphatic hydroxyl groups is 1. The molecule has 1 heterocycles. The van der Waals surface area contributed by atoms with Crippen molar-refractivity contribution in [1.82, 2.24) is 10.5 Å². The molecule has 3 N–H and O–H groups in total. The van der Waals surface area contributed by atoms with Gasteiger partial charge in [-0.15, -0.1) is 0 Å². The largest absolute Gasteiger partial charge is 0.394 e. The van der Waals surface area contributed by atoms with Gasteiger partial charge in [-0.1, -0.05) is 29.4 Å². The molecule has 0 saturated heterocycles. The summed E-state index contributed by atoms with van der Waals surface area (Å²) >= 11 is 0. The normalized spacial score (nSPS) is 20.1. The fraction of sp³-hybridized carbons (Fsp3) is 0.412. The van der Waals surface area contributed by atoms with Crippen molar-refractivity contribution in [2.75, 3.05) is 18.5 Å². The van der Waals surface area contributed by atoms with Crippen molar-refractivity contribution in [1.29, 1.82) is 0 Å². The average molecular weight is 315 g/mol. The summed E-state index contributed by atoms with van der Waals surface area (Å²) in [7, 11) is 0. The van der Waals surface area contributed by atoms with Gasteiger partial charge < -0.3 is 14.9 Å². The van der Waals surface area contributed by atoms with E-state index < -0.39 is 5.54 Å². The van der Waals surface area contributed by atoms with Crippen molar-refractivity contribution in [3.8, 4) is 0 Å². The number of carbonyl (C=O) groups is 1. The standard InChI is InChI=1S/C17H21N3O3/c1-12-9-15(20-23-12)19-16(22)10-18-17(11-21)8-4-6-13-5-2-3-7-14(13)17/h2-3,5,7,9,18,21H,4,6,8,10-11H2,1H3,(H,19,20,22)/t17-/m1/s1. The molecule has 1 aliphatic carbocycles. The van der Waals surface area contributed by atoms with Crippen molar-refractivity contribution in [3.05, 3.63) is 47.2 Å². The molecule has 0 saturated carbocycles. The lowest BCUT2D eigenvalue weighted by Gasteiger charge is -2.38. The first kappa shape index (κ1) is 15.7. The minimum Gasteiger partial charge on any atom is -0.394 e. The average Bonchev–Trinajstić information content (AvgIpc) is 2.97. The van der Waals surface area contributed by atoms with Crippen LogP contribution in [0.2, 0.25) is 0 Å². The van der Waals surface area contributed by atoms with Crippen molar-refractivity contribution in [2.45, 2.75) is 31.7 Å². The van der Waals surface area contributed by atoms with Gasteiger partial charge in [-0.05, 0) is 37.3 Å². The molecule has 6 nitrogen and oxygen atoms in total. The van der Waals surface area contributed by atoms with Crippen LogP contribution in [0.15, 0.2) is 34.9 Å². The number of amides is 1. The zero-order chi connectivity index (χ0) is 16.3. The molecule has 122 valence electrons. The molecule has 3 rings (SSSR count). The van der Waals surface area contributed by atoms with Crippen LogP contribution in [0.4, 0.5) is 5.82 Å². The Bertz CT molecular complexity index is 698. The quantitative estimate of drug-likeness (QED) is 0.782. The summed E-state index contributed by atoms with van der Waals surface area (Å²) < 4.78 is 4.92. The minimum absolute atomic E-state index is 0.0413. The van der Waals surface area contributed by atoms with Crippen molar-refractivity contribution in [2.24, 2.45) is 0 Å². The molecule has 0 spiro atoms. The molecule has 0 unspecified atom stereocenters. The SMILES string of the molecule is Cc1cc(NC(=O)CN[C@@]2(CO)CCCc3ccccc32)no1. The van der Waals surface area contributed by atoms with E-state index >= 15 is 0 Å². The van der Waals surface area contributed by atoms with Crippen LogP contribution in [-0.4, -0.2) is 29.3 Å². The predicted octanol–water partition coefficient (Wildman–Crippen LogP) is 1.74. The third kappa shape index (κ3) is 3.28. The molecule has 0 fully saturated rings. The Morgan fingerprint density at radius 2 is 2.26 bits per heavy atom. The minimum atomic E-state index is -0.564. The van der Waals surface area contributed by atoms with E-state index in [-0.39, 0.29) is 19.1 Å². The Morgan fingerprint density at radius 1 is 1.43 bits per heavy atom. The lowest BCUT2D eigenvalue weighted by atomic mass is 9.77. The van der Waals surface area contributed by atoms with Gasteiger partial charge in [-0.25, -0.2) is 0 Å². The molecule has 1 aromatic heterocycles. The molecule has 2 aromatic rings. The summed E-state index contributed by atoms with van der Waals surface area (Å²) in [5.74, 6) is 0.826. The van der Waals surface area contributed by atoms with Crippen LogP contribution >= 0.6 is 0 Å². The van der Waals surface area contributed by atoms with Gasteiger partial charge in [0.1, 0.15) is 5.76 Å². The molecule has 1 aliphatic rings. The highest BCUT2D eigenvalue weighted by atomic mass is 16.5. The molecule has 6 heteroatoms. The predicted molar refractivity (Wildman–Crippen MR) is 86.0 cm³/mol. The van der Waals surface area contributed by atoms with E-state index in [0.717, 1.165) is 24.8 Å². The summed E-state index contributed by atoms with van der Waals surface area (Å²) in [4.78, 5) is 12.1. The fourth-order valence-corrected chi connectivity index (χ4v) is 3.19. The first-order valence-corrected chi connectivity index (χ1v) is 7.80. The molecule has 1 aromatic carbocycles. The lowest BCUT2D eigenvalue weighted by Crippen LogP contribution is -2.50. The molecule has 0 bridgehead atoms. The number of rotatable bonds is 5. The second-order valence-corrected chi connectivity index (χ2v) is 5.98. The highest BCUT2D eigenvalue weighted by Crippen LogP contribution is 2.34. The van der Waals surface area contributed by atoms with Gasteiger partial charge in [0.05, 0.1) is 18.7 Å². The van der Waals surface area contributed by atoms with Crippen LogP contribution in [0.3, 0.4) is 0 Å². The molecule has 23 heavy (non-hydrogen) atoms. The Hall–Kier alpha value is -2.18. The van der Waals surface area contributed by atoms with Gasteiger partial charge in [0, 0.05) is 6.07 Å². The number of nitrogens with one attached hydrogen (secondary N) is 2. The molecule has 1 atom stereocenters. The van der Waals surface area contributed by atoms with Crippen molar-refractivity contribution in [3.63, 3.8) is 0 Å². The van der Waals surface area contributed by atoms with Crippen LogP contribution < -0.4 is 10.6 Å². The molecular weight excluding hydrogens is 294 g/mol. The van der Waals surface area contributed by atoms with Gasteiger partial charge in [0.25, 0.3) is 0 Å². The van der Waals surface area contributed by atoms with Gasteiger partial charge in [0.2, 0.25) is 5.91 Å². The number of fused-ring (bicyclic) bond motifs is 1. The van der Waals surface area contributed by atoms with Crippen molar-refractivity contribution >= 4 is 11.7 Å². The van der Waals surface area contributed by atoms with E-state index in [1.807, 2.05) is 18.2 Å². The maximum atomic E-state index is 12.1. The maximum absolute atomic E-state index is 12.1. The number of benzene rings is 1. The third-order valence-electron chi connectivity index (χ3n) is 4.34. The van der Waals surface area contributed by atoms with E-state index in [1.54, 1.807) is 13.0 Å². The zero-order valence-electron chi connectivity index (χ0n) is 13.1. The summed E-state index contributed by atoms with van der Waals surface area (Å²) in [6, 6.07) is 9.74. The summed E-state index contributed by atoms with van der Waals surface area (Å²) in [5.41, 5.74) is 1.75. The Morgan fingerprint density at radius 3 is 3.00 bits per heavy atom. The second-order valence-electron chi connectivity index (χ2n) is 5.98. The summed E-state index contributed by atoms with van der Waals surface area (Å²) in [6.07, 6.45) is 2.79. The number of carbonyl (C=O) groups excluding carboxylic acids is 1. The van der Waals surface area contributed by atoms with Crippen LogP contribution in [-0.2, 0) is 16.8 Å². The highest BCUT2D eigenvalue weighted by Gasteiger charge is 2.35. The van der Waals surface area contributed by atoms with E-state index in [1.165, 1.54) is 5.56 Å². The summed E-state index contributed by atoms with van der Waals surface area (Å²) in [6.45, 7) is 1.82. The monoisotopic (exact) mass is 315 g/mol.